The SMILES string of the molecule is COc1ccc2nc(C)c(C(=O)Nc3c(C)cc(C)nc3C)cc2c1. The molecule has 0 saturated heterocycles. The Morgan fingerprint density at radius 2 is 1.76 bits per heavy atom. The lowest BCUT2D eigenvalue weighted by Gasteiger charge is -2.13. The monoisotopic (exact) mass is 335 g/mol. The van der Waals surface area contributed by atoms with Gasteiger partial charge in [0.1, 0.15) is 5.75 Å². The van der Waals surface area contributed by atoms with Gasteiger partial charge in [-0.05, 0) is 63.6 Å². The summed E-state index contributed by atoms with van der Waals surface area (Å²) < 4.78 is 5.25. The fourth-order valence-electron chi connectivity index (χ4n) is 3.00. The zero-order valence-corrected chi connectivity index (χ0v) is 15.1. The van der Waals surface area contributed by atoms with Crippen molar-refractivity contribution in [3.63, 3.8) is 0 Å². The van der Waals surface area contributed by atoms with Crippen LogP contribution in [-0.2, 0) is 0 Å². The lowest BCUT2D eigenvalue weighted by atomic mass is 10.1. The van der Waals surface area contributed by atoms with Crippen LogP contribution in [0.5, 0.6) is 5.75 Å². The van der Waals surface area contributed by atoms with E-state index in [0.29, 0.717) is 11.3 Å². The Bertz CT molecular complexity index is 957. The molecule has 1 aromatic carbocycles. The third-order valence-corrected chi connectivity index (χ3v) is 4.22. The molecule has 0 spiro atoms. The number of pyridine rings is 2. The fraction of sp³-hybridized carbons (Fsp3) is 0.250. The van der Waals surface area contributed by atoms with Crippen molar-refractivity contribution >= 4 is 22.5 Å². The van der Waals surface area contributed by atoms with Gasteiger partial charge < -0.3 is 10.1 Å². The first-order chi connectivity index (χ1) is 11.9. The highest BCUT2D eigenvalue weighted by atomic mass is 16.5. The van der Waals surface area contributed by atoms with Gasteiger partial charge in [0.05, 0.1) is 35.3 Å². The van der Waals surface area contributed by atoms with Gasteiger partial charge in [-0.25, -0.2) is 0 Å². The number of methoxy groups -OCH3 is 1. The van der Waals surface area contributed by atoms with Crippen LogP contribution in [0.4, 0.5) is 5.69 Å². The smallest absolute Gasteiger partial charge is 0.257 e. The fourth-order valence-corrected chi connectivity index (χ4v) is 3.00. The average Bonchev–Trinajstić information content (AvgIpc) is 2.56. The molecule has 0 unspecified atom stereocenters. The third-order valence-electron chi connectivity index (χ3n) is 4.22. The molecular formula is C20H21N3O2. The second-order valence-corrected chi connectivity index (χ2v) is 6.18. The first-order valence-electron chi connectivity index (χ1n) is 8.10. The number of hydrogen-bond donors (Lipinski definition) is 1. The molecule has 2 aromatic heterocycles. The molecule has 3 rings (SSSR count). The van der Waals surface area contributed by atoms with Crippen molar-refractivity contribution in [1.29, 1.82) is 0 Å². The van der Waals surface area contributed by atoms with Crippen LogP contribution in [-0.4, -0.2) is 23.0 Å². The number of aromatic nitrogens is 2. The van der Waals surface area contributed by atoms with Gasteiger partial charge in [0.25, 0.3) is 5.91 Å². The Hall–Kier alpha value is -2.95. The van der Waals surface area contributed by atoms with Crippen LogP contribution in [0, 0.1) is 27.7 Å². The maximum Gasteiger partial charge on any atom is 0.257 e. The van der Waals surface area contributed by atoms with Crippen molar-refractivity contribution in [2.45, 2.75) is 27.7 Å². The molecule has 25 heavy (non-hydrogen) atoms. The molecule has 0 aliphatic rings. The summed E-state index contributed by atoms with van der Waals surface area (Å²) in [6, 6.07) is 9.43. The number of fused-ring (bicyclic) bond motifs is 1. The third kappa shape index (κ3) is 3.31. The van der Waals surface area contributed by atoms with Crippen LogP contribution in [0.15, 0.2) is 30.3 Å². The number of rotatable bonds is 3. The number of carbonyl (C=O) groups is 1. The molecule has 1 amide bonds. The van der Waals surface area contributed by atoms with Crippen LogP contribution in [0.1, 0.15) is 33.0 Å². The zero-order chi connectivity index (χ0) is 18.1. The molecule has 0 atom stereocenters. The molecule has 0 radical (unpaired) electrons. The van der Waals surface area contributed by atoms with Crippen LogP contribution in [0.3, 0.4) is 0 Å². The topological polar surface area (TPSA) is 64.1 Å². The second kappa shape index (κ2) is 6.51. The van der Waals surface area contributed by atoms with Crippen LogP contribution >= 0.6 is 0 Å². The van der Waals surface area contributed by atoms with Crippen molar-refractivity contribution in [3.05, 3.63) is 58.5 Å². The predicted octanol–water partition coefficient (Wildman–Crippen LogP) is 4.12. The van der Waals surface area contributed by atoms with Gasteiger partial charge in [-0.3, -0.25) is 14.8 Å². The lowest BCUT2D eigenvalue weighted by Crippen LogP contribution is -2.16. The number of carbonyl (C=O) groups excluding carboxylic acids is 1. The standard InChI is InChI=1S/C20H21N3O2/c1-11-8-12(2)21-14(4)19(11)23-20(24)17-10-15-9-16(25-5)6-7-18(15)22-13(17)3/h6-10H,1-5H3,(H,23,24). The Labute approximate surface area is 147 Å². The molecule has 0 fully saturated rings. The van der Waals surface area contributed by atoms with Gasteiger partial charge in [0.15, 0.2) is 0 Å². The Kier molecular flexibility index (Phi) is 4.40. The molecular weight excluding hydrogens is 314 g/mol. The van der Waals surface area contributed by atoms with E-state index in [4.69, 9.17) is 4.74 Å². The quantitative estimate of drug-likeness (QED) is 0.782. The maximum atomic E-state index is 12.8. The highest BCUT2D eigenvalue weighted by molar-refractivity contribution is 6.07. The van der Waals surface area contributed by atoms with Gasteiger partial charge >= 0.3 is 0 Å². The maximum absolute atomic E-state index is 12.8. The Morgan fingerprint density at radius 3 is 2.44 bits per heavy atom. The Balaban J connectivity index is 2.01. The summed E-state index contributed by atoms with van der Waals surface area (Å²) in [6.45, 7) is 7.64. The summed E-state index contributed by atoms with van der Waals surface area (Å²) in [5, 5.41) is 3.85. The largest absolute Gasteiger partial charge is 0.497 e. The summed E-state index contributed by atoms with van der Waals surface area (Å²) in [5.74, 6) is 0.547. The summed E-state index contributed by atoms with van der Waals surface area (Å²) in [6.07, 6.45) is 0. The number of nitrogens with one attached hydrogen (secondary N) is 1. The van der Waals surface area contributed by atoms with Crippen LogP contribution < -0.4 is 10.1 Å². The highest BCUT2D eigenvalue weighted by Crippen LogP contribution is 2.24. The number of nitrogens with zero attached hydrogens (tertiary/aromatic N) is 2. The van der Waals surface area contributed by atoms with E-state index >= 15 is 0 Å². The lowest BCUT2D eigenvalue weighted by molar-refractivity contribution is 0.102. The van der Waals surface area contributed by atoms with Gasteiger partial charge in [-0.2, -0.15) is 0 Å². The number of benzene rings is 1. The second-order valence-electron chi connectivity index (χ2n) is 6.18. The number of hydrogen-bond acceptors (Lipinski definition) is 4. The van der Waals surface area contributed by atoms with Crippen LogP contribution in [0.2, 0.25) is 0 Å². The van der Waals surface area contributed by atoms with Gasteiger partial charge in [-0.1, -0.05) is 0 Å². The van der Waals surface area contributed by atoms with E-state index in [2.05, 4.69) is 15.3 Å². The van der Waals surface area contributed by atoms with Gasteiger partial charge in [0.2, 0.25) is 0 Å². The van der Waals surface area contributed by atoms with Crippen molar-refractivity contribution < 1.29 is 9.53 Å². The Morgan fingerprint density at radius 1 is 1.00 bits per heavy atom. The highest BCUT2D eigenvalue weighted by Gasteiger charge is 2.15. The molecule has 3 aromatic rings. The summed E-state index contributed by atoms with van der Waals surface area (Å²) >= 11 is 0. The first-order valence-corrected chi connectivity index (χ1v) is 8.10. The summed E-state index contributed by atoms with van der Waals surface area (Å²) in [4.78, 5) is 21.8. The van der Waals surface area contributed by atoms with E-state index in [1.54, 1.807) is 7.11 Å². The molecule has 5 heteroatoms. The van der Waals surface area contributed by atoms with Crippen LogP contribution in [0.25, 0.3) is 10.9 Å². The molecule has 1 N–H and O–H groups in total. The van der Waals surface area contributed by atoms with E-state index < -0.39 is 0 Å². The summed E-state index contributed by atoms with van der Waals surface area (Å²) in [5.41, 5.74) is 5.54. The normalized spacial score (nSPS) is 10.8. The van der Waals surface area contributed by atoms with Crippen molar-refractivity contribution in [3.8, 4) is 5.75 Å². The number of ether oxygens (including phenoxy) is 1. The van der Waals surface area contributed by atoms with Gasteiger partial charge in [-0.15, -0.1) is 0 Å². The minimum absolute atomic E-state index is 0.188. The van der Waals surface area contributed by atoms with Gasteiger partial charge in [0, 0.05) is 11.1 Å². The number of aryl methyl sites for hydroxylation is 4. The molecule has 0 aliphatic carbocycles. The summed E-state index contributed by atoms with van der Waals surface area (Å²) in [7, 11) is 1.62. The minimum atomic E-state index is -0.188. The minimum Gasteiger partial charge on any atom is -0.497 e. The number of anilines is 1. The molecule has 128 valence electrons. The van der Waals surface area contributed by atoms with E-state index in [-0.39, 0.29) is 5.91 Å². The first kappa shape index (κ1) is 16.9. The van der Waals surface area contributed by atoms with E-state index in [1.165, 1.54) is 0 Å². The molecule has 0 saturated carbocycles. The molecule has 0 bridgehead atoms. The predicted molar refractivity (Wildman–Crippen MR) is 99.4 cm³/mol. The van der Waals surface area contributed by atoms with Crippen molar-refractivity contribution in [1.82, 2.24) is 9.97 Å². The molecule has 0 aliphatic heterocycles. The molecule has 2 heterocycles. The van der Waals surface area contributed by atoms with E-state index in [9.17, 15) is 4.79 Å². The number of amides is 1. The zero-order valence-electron chi connectivity index (χ0n) is 15.1. The van der Waals surface area contributed by atoms with Crippen molar-refractivity contribution in [2.24, 2.45) is 0 Å². The van der Waals surface area contributed by atoms with Crippen molar-refractivity contribution in [2.75, 3.05) is 12.4 Å². The van der Waals surface area contributed by atoms with E-state index in [1.807, 2.05) is 58.0 Å². The van der Waals surface area contributed by atoms with E-state index in [0.717, 1.165) is 39.3 Å². The molecule has 5 nitrogen and oxygen atoms in total. The average molecular weight is 335 g/mol.